The van der Waals surface area contributed by atoms with Crippen LogP contribution in [0.2, 0.25) is 5.02 Å². The Balaban J connectivity index is 1.44. The molecular formula is C27H22ClF4N3O2. The Bertz CT molecular complexity index is 1350. The van der Waals surface area contributed by atoms with Crippen molar-refractivity contribution in [2.45, 2.75) is 32.3 Å². The van der Waals surface area contributed by atoms with Gasteiger partial charge in [0.1, 0.15) is 5.75 Å². The Morgan fingerprint density at radius 2 is 1.70 bits per heavy atom. The number of ether oxygens (including phenoxy) is 1. The minimum atomic E-state index is -4.67. The summed E-state index contributed by atoms with van der Waals surface area (Å²) in [6, 6.07) is 16.4. The maximum Gasteiger partial charge on any atom is 0.469 e. The quantitative estimate of drug-likeness (QED) is 0.350. The van der Waals surface area contributed by atoms with Gasteiger partial charge in [0.15, 0.2) is 0 Å². The van der Waals surface area contributed by atoms with Crippen LogP contribution < -0.4 is 15.5 Å². The first-order valence-electron chi connectivity index (χ1n) is 11.5. The highest BCUT2D eigenvalue weighted by Crippen LogP contribution is 2.55. The highest BCUT2D eigenvalue weighted by atomic mass is 35.5. The van der Waals surface area contributed by atoms with Crippen molar-refractivity contribution in [1.82, 2.24) is 10.4 Å². The van der Waals surface area contributed by atoms with Crippen molar-refractivity contribution in [1.29, 1.82) is 0 Å². The fourth-order valence-corrected chi connectivity index (χ4v) is 4.49. The number of alkyl halides is 4. The number of carbonyl (C=O) groups excluding carboxylic acids is 1. The molecule has 192 valence electrons. The van der Waals surface area contributed by atoms with Crippen LogP contribution >= 0.6 is 11.6 Å². The Morgan fingerprint density at radius 3 is 2.35 bits per heavy atom. The van der Waals surface area contributed by atoms with Gasteiger partial charge in [0.25, 0.3) is 0 Å². The molecule has 0 saturated carbocycles. The van der Waals surface area contributed by atoms with E-state index >= 15 is 0 Å². The van der Waals surface area contributed by atoms with Crippen molar-refractivity contribution in [3.8, 4) is 5.75 Å². The van der Waals surface area contributed by atoms with E-state index in [0.29, 0.717) is 10.7 Å². The second kappa shape index (κ2) is 8.99. The molecule has 0 aromatic heterocycles. The number of hydrogen-bond donors (Lipinski definition) is 2. The maximum absolute atomic E-state index is 14.4. The summed E-state index contributed by atoms with van der Waals surface area (Å²) in [5.41, 5.74) is 6.50. The summed E-state index contributed by atoms with van der Waals surface area (Å²) in [6.45, 7) is 3.74. The normalized spacial score (nSPS) is 17.3. The molecule has 2 aliphatic heterocycles. The molecule has 0 atom stereocenters. The van der Waals surface area contributed by atoms with Gasteiger partial charge in [-0.15, -0.1) is 0 Å². The molecule has 2 amide bonds. The summed E-state index contributed by atoms with van der Waals surface area (Å²) in [4.78, 5) is 13.2. The van der Waals surface area contributed by atoms with Crippen LogP contribution in [0, 0.1) is 6.92 Å². The number of hydrazine groups is 1. The average Bonchev–Trinajstić information content (AvgIpc) is 3.37. The zero-order valence-corrected chi connectivity index (χ0v) is 20.6. The predicted molar refractivity (Wildman–Crippen MR) is 134 cm³/mol. The molecule has 2 heterocycles. The van der Waals surface area contributed by atoms with Gasteiger partial charge in [-0.3, -0.25) is 5.43 Å². The molecular weight excluding hydrogens is 510 g/mol. The van der Waals surface area contributed by atoms with Crippen LogP contribution in [-0.4, -0.2) is 23.7 Å². The number of fused-ring (bicyclic) bond motifs is 1. The van der Waals surface area contributed by atoms with Gasteiger partial charge in [-0.25, -0.2) is 9.80 Å². The smallest absolute Gasteiger partial charge is 0.427 e. The number of urea groups is 1. The minimum Gasteiger partial charge on any atom is -0.427 e. The summed E-state index contributed by atoms with van der Waals surface area (Å²) in [5.74, 6) is -5.08. The molecule has 3 aromatic rings. The van der Waals surface area contributed by atoms with Gasteiger partial charge in [0, 0.05) is 16.3 Å². The number of nitrogens with zero attached hydrogens (tertiary/aromatic N) is 1. The highest BCUT2D eigenvalue weighted by molar-refractivity contribution is 6.30. The van der Waals surface area contributed by atoms with Crippen LogP contribution in [0.25, 0.3) is 11.3 Å². The van der Waals surface area contributed by atoms with Gasteiger partial charge in [0.05, 0.1) is 17.8 Å². The number of nitrogens with one attached hydrogen (secondary N) is 2. The van der Waals surface area contributed by atoms with Crippen molar-refractivity contribution in [3.05, 3.63) is 93.5 Å². The molecule has 2 N–H and O–H groups in total. The number of aryl methyl sites for hydroxylation is 2. The first-order chi connectivity index (χ1) is 17.5. The van der Waals surface area contributed by atoms with Crippen LogP contribution in [0.3, 0.4) is 0 Å². The van der Waals surface area contributed by atoms with Crippen molar-refractivity contribution in [2.75, 3.05) is 11.9 Å². The lowest BCUT2D eigenvalue weighted by molar-refractivity contribution is -0.296. The van der Waals surface area contributed by atoms with E-state index in [1.807, 2.05) is 43.3 Å². The van der Waals surface area contributed by atoms with Crippen molar-refractivity contribution in [3.63, 3.8) is 0 Å². The van der Waals surface area contributed by atoms with E-state index in [1.54, 1.807) is 19.1 Å². The van der Waals surface area contributed by atoms with Crippen LogP contribution in [-0.2, 0) is 12.3 Å². The number of hydrogen-bond acceptors (Lipinski definition) is 3. The molecule has 3 aromatic carbocycles. The zero-order chi connectivity index (χ0) is 26.5. The first kappa shape index (κ1) is 25.0. The molecule has 37 heavy (non-hydrogen) atoms. The van der Waals surface area contributed by atoms with E-state index in [0.717, 1.165) is 28.3 Å². The molecule has 0 radical (unpaired) electrons. The van der Waals surface area contributed by atoms with Crippen LogP contribution in [0.5, 0.6) is 5.75 Å². The Labute approximate surface area is 215 Å². The summed E-state index contributed by atoms with van der Waals surface area (Å²) in [5, 5.41) is 4.42. The lowest BCUT2D eigenvalue weighted by Crippen LogP contribution is -2.40. The Kier molecular flexibility index (Phi) is 6.06. The van der Waals surface area contributed by atoms with Gasteiger partial charge in [-0.2, -0.15) is 17.6 Å². The van der Waals surface area contributed by atoms with Gasteiger partial charge in [-0.1, -0.05) is 60.5 Å². The number of anilines is 1. The van der Waals surface area contributed by atoms with E-state index in [-0.39, 0.29) is 24.2 Å². The molecule has 10 heteroatoms. The zero-order valence-electron chi connectivity index (χ0n) is 19.8. The van der Waals surface area contributed by atoms with E-state index in [4.69, 9.17) is 11.6 Å². The van der Waals surface area contributed by atoms with Crippen molar-refractivity contribution in [2.24, 2.45) is 0 Å². The van der Waals surface area contributed by atoms with E-state index in [1.165, 1.54) is 11.1 Å². The molecule has 0 bridgehead atoms. The summed E-state index contributed by atoms with van der Waals surface area (Å²) in [7, 11) is 0. The molecule has 5 rings (SSSR count). The van der Waals surface area contributed by atoms with Gasteiger partial charge < -0.3 is 10.1 Å². The van der Waals surface area contributed by atoms with Crippen LogP contribution in [0.4, 0.5) is 28.0 Å². The molecule has 0 saturated heterocycles. The highest BCUT2D eigenvalue weighted by Gasteiger charge is 2.67. The lowest BCUT2D eigenvalue weighted by Gasteiger charge is -2.20. The third kappa shape index (κ3) is 4.37. The predicted octanol–water partition coefficient (Wildman–Crippen LogP) is 7.21. The second-order valence-electron chi connectivity index (χ2n) is 8.91. The van der Waals surface area contributed by atoms with Crippen LogP contribution in [0.1, 0.15) is 34.7 Å². The topological polar surface area (TPSA) is 53.6 Å². The largest absolute Gasteiger partial charge is 0.469 e. The van der Waals surface area contributed by atoms with Gasteiger partial charge in [0.2, 0.25) is 0 Å². The number of amides is 2. The fourth-order valence-electron chi connectivity index (χ4n) is 4.36. The lowest BCUT2D eigenvalue weighted by atomic mass is 10.00. The van der Waals surface area contributed by atoms with Crippen molar-refractivity contribution >= 4 is 34.6 Å². The standard InChI is InChI=1S/C27H22ClF4N3O2/c1-3-16-12-20(13-22-24(16)37-27(31,32)26(22,29)30)33-25(36)35-14-21(17-8-10-19(28)11-9-17)23(34-35)18-6-4-15(2)5-7-18/h4-13,34H,3,14H2,1-2H3,(H,33,36). The number of benzene rings is 3. The van der Waals surface area contributed by atoms with Crippen LogP contribution in [0.15, 0.2) is 60.7 Å². The summed E-state index contributed by atoms with van der Waals surface area (Å²) in [6.07, 6.45) is -4.52. The van der Waals surface area contributed by atoms with E-state index in [9.17, 15) is 22.4 Å². The van der Waals surface area contributed by atoms with E-state index in [2.05, 4.69) is 15.5 Å². The SMILES string of the molecule is CCc1cc(NC(=O)N2CC(c3ccc(Cl)cc3)=C(c3ccc(C)cc3)N2)cc2c1OC(F)(F)C2(F)F. The molecule has 5 nitrogen and oxygen atoms in total. The average molecular weight is 532 g/mol. The van der Waals surface area contributed by atoms with E-state index < -0.39 is 29.4 Å². The molecule has 0 spiro atoms. The second-order valence-corrected chi connectivity index (χ2v) is 9.35. The molecule has 0 fully saturated rings. The first-order valence-corrected chi connectivity index (χ1v) is 11.9. The molecule has 0 unspecified atom stereocenters. The summed E-state index contributed by atoms with van der Waals surface area (Å²) >= 11 is 6.05. The van der Waals surface area contributed by atoms with Gasteiger partial charge in [-0.05, 0) is 54.3 Å². The Morgan fingerprint density at radius 1 is 1.05 bits per heavy atom. The monoisotopic (exact) mass is 531 g/mol. The fraction of sp³-hybridized carbons (Fsp3) is 0.222. The molecule has 0 aliphatic carbocycles. The molecule has 2 aliphatic rings. The third-order valence-electron chi connectivity index (χ3n) is 6.37. The van der Waals surface area contributed by atoms with Crippen molar-refractivity contribution < 1.29 is 27.1 Å². The number of rotatable bonds is 4. The minimum absolute atomic E-state index is 0.0415. The maximum atomic E-state index is 14.4. The summed E-state index contributed by atoms with van der Waals surface area (Å²) < 4.78 is 60.7. The third-order valence-corrected chi connectivity index (χ3v) is 6.63. The number of carbonyl (C=O) groups is 1. The van der Waals surface area contributed by atoms with Gasteiger partial charge >= 0.3 is 18.1 Å². The number of halogens is 5. The Hall–Kier alpha value is -3.72.